The van der Waals surface area contributed by atoms with Gasteiger partial charge in [0.05, 0.1) is 0 Å². The van der Waals surface area contributed by atoms with Gasteiger partial charge in [-0.3, -0.25) is 10.1 Å². The molecule has 126 valence electrons. The van der Waals surface area contributed by atoms with E-state index >= 15 is 0 Å². The van der Waals surface area contributed by atoms with Crippen LogP contribution in [0.15, 0.2) is 0 Å². The minimum Gasteiger partial charge on any atom is -0.480 e. The van der Waals surface area contributed by atoms with Crippen LogP contribution < -0.4 is 5.32 Å². The average Bonchev–Trinajstić information content (AvgIpc) is 2.25. The lowest BCUT2D eigenvalue weighted by atomic mass is 9.95. The smallest absolute Gasteiger partial charge is 0.455 e. The van der Waals surface area contributed by atoms with Crippen LogP contribution in [0.2, 0.25) is 0 Å². The van der Waals surface area contributed by atoms with Gasteiger partial charge >= 0.3 is 18.1 Å². The third-order valence-electron chi connectivity index (χ3n) is 2.74. The van der Waals surface area contributed by atoms with Gasteiger partial charge in [-0.05, 0) is 33.6 Å². The molecule has 2 N–H and O–H groups in total. The minimum atomic E-state index is -5.65. The maximum Gasteiger partial charge on any atom is 0.455 e. The number of ether oxygens (including phenoxy) is 1. The van der Waals surface area contributed by atoms with Crippen molar-refractivity contribution < 1.29 is 36.6 Å². The Balaban J connectivity index is 4.22. The van der Waals surface area contributed by atoms with E-state index in [9.17, 15) is 26.7 Å². The van der Waals surface area contributed by atoms with Gasteiger partial charge in [0.25, 0.3) is 0 Å². The number of carbonyl (C=O) groups is 1. The summed E-state index contributed by atoms with van der Waals surface area (Å²) in [5.74, 6) is -6.03. The van der Waals surface area contributed by atoms with Crippen molar-refractivity contribution in [3.63, 3.8) is 0 Å². The molecule has 1 atom stereocenters. The van der Waals surface area contributed by atoms with E-state index in [2.05, 4.69) is 10.1 Å². The maximum atomic E-state index is 12.5. The second kappa shape index (κ2) is 7.35. The second-order valence-electron chi connectivity index (χ2n) is 5.29. The molecule has 0 aromatic carbocycles. The molecule has 0 aliphatic carbocycles. The fourth-order valence-corrected chi connectivity index (χ4v) is 1.69. The monoisotopic (exact) mass is 321 g/mol. The van der Waals surface area contributed by atoms with Gasteiger partial charge in [-0.25, -0.2) is 0 Å². The molecule has 1 unspecified atom stereocenters. The van der Waals surface area contributed by atoms with Crippen molar-refractivity contribution in [2.75, 3.05) is 13.2 Å². The van der Waals surface area contributed by atoms with E-state index in [0.29, 0.717) is 0 Å². The van der Waals surface area contributed by atoms with Gasteiger partial charge < -0.3 is 9.84 Å². The van der Waals surface area contributed by atoms with E-state index in [-0.39, 0.29) is 25.5 Å². The van der Waals surface area contributed by atoms with E-state index in [0.717, 1.165) is 0 Å². The number of carboxylic acids is 1. The Morgan fingerprint density at radius 1 is 1.24 bits per heavy atom. The number of hydrogen-bond acceptors (Lipinski definition) is 3. The SMILES string of the molecule is CC(C)NC(C)(CCCOCC(F)(F)C(F)(F)F)C(=O)O. The lowest BCUT2D eigenvalue weighted by molar-refractivity contribution is -0.296. The summed E-state index contributed by atoms with van der Waals surface area (Å²) in [5.41, 5.74) is -1.29. The molecule has 0 radical (unpaired) electrons. The molecule has 0 bridgehead atoms. The Bertz CT molecular complexity index is 346. The van der Waals surface area contributed by atoms with Gasteiger partial charge in [0.15, 0.2) is 0 Å². The van der Waals surface area contributed by atoms with Crippen molar-refractivity contribution in [1.82, 2.24) is 5.32 Å². The molecular formula is C12H20F5NO3. The van der Waals surface area contributed by atoms with Crippen molar-refractivity contribution in [2.45, 2.75) is 57.3 Å². The Kier molecular flexibility index (Phi) is 7.01. The first-order valence-electron chi connectivity index (χ1n) is 6.35. The van der Waals surface area contributed by atoms with E-state index in [1.807, 2.05) is 0 Å². The van der Waals surface area contributed by atoms with Crippen molar-refractivity contribution in [2.24, 2.45) is 0 Å². The Morgan fingerprint density at radius 2 is 1.76 bits per heavy atom. The highest BCUT2D eigenvalue weighted by Gasteiger charge is 2.57. The van der Waals surface area contributed by atoms with E-state index in [1.54, 1.807) is 13.8 Å². The molecule has 0 aromatic heterocycles. The first-order chi connectivity index (χ1) is 9.32. The number of rotatable bonds is 9. The molecule has 0 fully saturated rings. The molecule has 0 spiro atoms. The number of hydrogen-bond donors (Lipinski definition) is 2. The third-order valence-corrected chi connectivity index (χ3v) is 2.74. The van der Waals surface area contributed by atoms with E-state index < -0.39 is 30.2 Å². The molecule has 0 aliphatic heterocycles. The van der Waals surface area contributed by atoms with Gasteiger partial charge in [0.2, 0.25) is 0 Å². The summed E-state index contributed by atoms with van der Waals surface area (Å²) in [7, 11) is 0. The van der Waals surface area contributed by atoms with Crippen molar-refractivity contribution in [3.05, 3.63) is 0 Å². The standard InChI is InChI=1S/C12H20F5NO3/c1-8(2)18-10(3,9(19)20)5-4-6-21-7-11(13,14)12(15,16)17/h8,18H,4-7H2,1-3H3,(H,19,20). The van der Waals surface area contributed by atoms with Crippen LogP contribution in [0.5, 0.6) is 0 Å². The number of nitrogens with one attached hydrogen (secondary N) is 1. The third kappa shape index (κ3) is 6.56. The van der Waals surface area contributed by atoms with Gasteiger partial charge in [0.1, 0.15) is 12.1 Å². The first-order valence-corrected chi connectivity index (χ1v) is 6.35. The second-order valence-corrected chi connectivity index (χ2v) is 5.29. The molecule has 0 aromatic rings. The molecular weight excluding hydrogens is 301 g/mol. The summed E-state index contributed by atoms with van der Waals surface area (Å²) in [6, 6.07) is -0.124. The van der Waals surface area contributed by atoms with Crippen LogP contribution in [0.25, 0.3) is 0 Å². The zero-order chi connectivity index (χ0) is 16.9. The molecule has 9 heteroatoms. The Labute approximate surface area is 119 Å². The van der Waals surface area contributed by atoms with Crippen LogP contribution in [0, 0.1) is 0 Å². The normalized spacial score (nSPS) is 16.0. The first kappa shape index (κ1) is 20.0. The van der Waals surface area contributed by atoms with Crippen molar-refractivity contribution in [1.29, 1.82) is 0 Å². The highest BCUT2D eigenvalue weighted by Crippen LogP contribution is 2.35. The van der Waals surface area contributed by atoms with E-state index in [4.69, 9.17) is 5.11 Å². The van der Waals surface area contributed by atoms with Gasteiger partial charge in [-0.15, -0.1) is 0 Å². The zero-order valence-corrected chi connectivity index (χ0v) is 12.1. The molecule has 0 saturated heterocycles. The van der Waals surface area contributed by atoms with Crippen LogP contribution in [0.4, 0.5) is 22.0 Å². The molecule has 0 saturated carbocycles. The topological polar surface area (TPSA) is 58.6 Å². The summed E-state index contributed by atoms with van der Waals surface area (Å²) in [6.45, 7) is 2.75. The van der Waals surface area contributed by atoms with Crippen LogP contribution in [-0.2, 0) is 9.53 Å². The highest BCUT2D eigenvalue weighted by molar-refractivity contribution is 5.78. The van der Waals surface area contributed by atoms with Crippen LogP contribution in [0.3, 0.4) is 0 Å². The fraction of sp³-hybridized carbons (Fsp3) is 0.917. The maximum absolute atomic E-state index is 12.5. The van der Waals surface area contributed by atoms with Crippen molar-refractivity contribution >= 4 is 5.97 Å². The Hall–Kier alpha value is -0.960. The van der Waals surface area contributed by atoms with Gasteiger partial charge in [-0.2, -0.15) is 22.0 Å². The Morgan fingerprint density at radius 3 is 2.14 bits per heavy atom. The number of alkyl halides is 5. The predicted octanol–water partition coefficient (Wildman–Crippen LogP) is 2.82. The lowest BCUT2D eigenvalue weighted by Gasteiger charge is -2.28. The fourth-order valence-electron chi connectivity index (χ4n) is 1.69. The molecule has 0 amide bonds. The summed E-state index contributed by atoms with van der Waals surface area (Å²) >= 11 is 0. The lowest BCUT2D eigenvalue weighted by Crippen LogP contribution is -2.52. The average molecular weight is 321 g/mol. The molecule has 0 heterocycles. The summed E-state index contributed by atoms with van der Waals surface area (Å²) in [4.78, 5) is 11.1. The summed E-state index contributed by atoms with van der Waals surface area (Å²) in [5, 5.41) is 11.9. The van der Waals surface area contributed by atoms with Gasteiger partial charge in [0, 0.05) is 12.6 Å². The number of aliphatic carboxylic acids is 1. The minimum absolute atomic E-state index is 0.0382. The summed E-state index contributed by atoms with van der Waals surface area (Å²) in [6.07, 6.45) is -5.57. The van der Waals surface area contributed by atoms with Crippen LogP contribution in [0.1, 0.15) is 33.6 Å². The van der Waals surface area contributed by atoms with Crippen molar-refractivity contribution in [3.8, 4) is 0 Å². The zero-order valence-electron chi connectivity index (χ0n) is 12.1. The van der Waals surface area contributed by atoms with Gasteiger partial charge in [-0.1, -0.05) is 0 Å². The molecule has 0 aliphatic rings. The largest absolute Gasteiger partial charge is 0.480 e. The quantitative estimate of drug-likeness (QED) is 0.506. The molecule has 0 rings (SSSR count). The van der Waals surface area contributed by atoms with Crippen LogP contribution >= 0.6 is 0 Å². The van der Waals surface area contributed by atoms with E-state index in [1.165, 1.54) is 6.92 Å². The summed E-state index contributed by atoms with van der Waals surface area (Å²) < 4.78 is 65.0. The molecule has 4 nitrogen and oxygen atoms in total. The molecule has 21 heavy (non-hydrogen) atoms. The van der Waals surface area contributed by atoms with Crippen LogP contribution in [-0.4, -0.2) is 48.0 Å². The predicted molar refractivity (Wildman–Crippen MR) is 65.4 cm³/mol. The highest BCUT2D eigenvalue weighted by atomic mass is 19.4. The number of carboxylic acid groups (broad SMARTS) is 1. The number of halogens is 5.